The molecule has 0 bridgehead atoms. The highest BCUT2D eigenvalue weighted by Crippen LogP contribution is 2.37. The number of halogens is 2. The van der Waals surface area contributed by atoms with E-state index >= 15 is 0 Å². The summed E-state index contributed by atoms with van der Waals surface area (Å²) in [5, 5.41) is 3.76. The van der Waals surface area contributed by atoms with Gasteiger partial charge in [0.25, 0.3) is 0 Å². The minimum absolute atomic E-state index is 0.368. The van der Waals surface area contributed by atoms with E-state index in [1.165, 1.54) is 0 Å². The van der Waals surface area contributed by atoms with Gasteiger partial charge in [0.1, 0.15) is 5.75 Å². The predicted octanol–water partition coefficient (Wildman–Crippen LogP) is 5.74. The smallest absolute Gasteiger partial charge is 0.150 e. The van der Waals surface area contributed by atoms with Crippen LogP contribution in [0.2, 0.25) is 5.02 Å². The summed E-state index contributed by atoms with van der Waals surface area (Å²) in [6.45, 7) is 5.01. The van der Waals surface area contributed by atoms with E-state index in [2.05, 4.69) is 41.2 Å². The molecule has 112 valence electrons. The molecule has 0 unspecified atom stereocenters. The van der Waals surface area contributed by atoms with Gasteiger partial charge in [-0.05, 0) is 42.8 Å². The molecular formula is C17H19BrClNO. The maximum Gasteiger partial charge on any atom is 0.150 e. The van der Waals surface area contributed by atoms with Gasteiger partial charge in [-0.3, -0.25) is 0 Å². The summed E-state index contributed by atoms with van der Waals surface area (Å²) in [7, 11) is 1.91. The molecule has 2 nitrogen and oxygen atoms in total. The molecule has 21 heavy (non-hydrogen) atoms. The lowest BCUT2D eigenvalue weighted by molar-refractivity contribution is 0.465. The molecule has 0 atom stereocenters. The molecule has 0 aliphatic heterocycles. The van der Waals surface area contributed by atoms with E-state index in [4.69, 9.17) is 16.3 Å². The van der Waals surface area contributed by atoms with Crippen LogP contribution in [-0.2, 0) is 6.54 Å². The Labute approximate surface area is 139 Å². The summed E-state index contributed by atoms with van der Waals surface area (Å²) in [5.74, 6) is 1.93. The predicted molar refractivity (Wildman–Crippen MR) is 92.5 cm³/mol. The maximum atomic E-state index is 6.32. The molecule has 0 radical (unpaired) electrons. The second-order valence-corrected chi connectivity index (χ2v) is 6.52. The third-order valence-electron chi connectivity index (χ3n) is 3.22. The standard InChI is InChI=1S/C17H19BrClNO/c1-11(2)14-9-13(18)7-8-16(14)21-17-12(10-20-3)5-4-6-15(17)19/h4-9,11,20H,10H2,1-3H3. The van der Waals surface area contributed by atoms with Crippen LogP contribution in [0.15, 0.2) is 40.9 Å². The van der Waals surface area contributed by atoms with E-state index in [9.17, 15) is 0 Å². The molecule has 2 aromatic rings. The average Bonchev–Trinajstić information content (AvgIpc) is 2.44. The zero-order valence-corrected chi connectivity index (χ0v) is 14.8. The third kappa shape index (κ3) is 4.00. The molecule has 0 spiro atoms. The van der Waals surface area contributed by atoms with Gasteiger partial charge in [-0.15, -0.1) is 0 Å². The summed E-state index contributed by atoms with van der Waals surface area (Å²) in [6.07, 6.45) is 0. The monoisotopic (exact) mass is 367 g/mol. The van der Waals surface area contributed by atoms with E-state index in [1.807, 2.05) is 37.4 Å². The Morgan fingerprint density at radius 3 is 2.67 bits per heavy atom. The van der Waals surface area contributed by atoms with Gasteiger partial charge in [-0.2, -0.15) is 0 Å². The fourth-order valence-corrected chi connectivity index (χ4v) is 2.78. The van der Waals surface area contributed by atoms with E-state index < -0.39 is 0 Å². The summed E-state index contributed by atoms with van der Waals surface area (Å²) in [5.41, 5.74) is 2.20. The zero-order valence-electron chi connectivity index (χ0n) is 12.4. The fourth-order valence-electron chi connectivity index (χ4n) is 2.17. The second-order valence-electron chi connectivity index (χ2n) is 5.20. The SMILES string of the molecule is CNCc1cccc(Cl)c1Oc1ccc(Br)cc1C(C)C. The summed E-state index contributed by atoms with van der Waals surface area (Å²) in [4.78, 5) is 0. The van der Waals surface area contributed by atoms with Crippen molar-refractivity contribution >= 4 is 27.5 Å². The topological polar surface area (TPSA) is 21.3 Å². The highest BCUT2D eigenvalue weighted by Gasteiger charge is 2.14. The summed E-state index contributed by atoms with van der Waals surface area (Å²) < 4.78 is 7.20. The van der Waals surface area contributed by atoms with Crippen LogP contribution in [0.3, 0.4) is 0 Å². The van der Waals surface area contributed by atoms with E-state index in [-0.39, 0.29) is 0 Å². The number of rotatable bonds is 5. The lowest BCUT2D eigenvalue weighted by atomic mass is 10.0. The highest BCUT2D eigenvalue weighted by atomic mass is 79.9. The van der Waals surface area contributed by atoms with Crippen molar-refractivity contribution in [3.05, 3.63) is 57.0 Å². The van der Waals surface area contributed by atoms with Crippen LogP contribution in [0.1, 0.15) is 30.9 Å². The average molecular weight is 369 g/mol. The molecule has 2 aromatic carbocycles. The molecule has 0 amide bonds. The minimum atomic E-state index is 0.368. The molecule has 0 aromatic heterocycles. The van der Waals surface area contributed by atoms with Crippen LogP contribution < -0.4 is 10.1 Å². The minimum Gasteiger partial charge on any atom is -0.455 e. The number of para-hydroxylation sites is 1. The number of benzene rings is 2. The number of nitrogens with one attached hydrogen (secondary N) is 1. The van der Waals surface area contributed by atoms with E-state index in [1.54, 1.807) is 0 Å². The Hall–Kier alpha value is -1.03. The first-order valence-electron chi connectivity index (χ1n) is 6.92. The van der Waals surface area contributed by atoms with Crippen LogP contribution in [0.25, 0.3) is 0 Å². The molecule has 2 rings (SSSR count). The van der Waals surface area contributed by atoms with E-state index in [0.717, 1.165) is 27.1 Å². The van der Waals surface area contributed by atoms with Crippen molar-refractivity contribution < 1.29 is 4.74 Å². The van der Waals surface area contributed by atoms with Crippen LogP contribution in [0.4, 0.5) is 0 Å². The maximum absolute atomic E-state index is 6.32. The van der Waals surface area contributed by atoms with Crippen molar-refractivity contribution in [1.82, 2.24) is 5.32 Å². The Bertz CT molecular complexity index is 628. The van der Waals surface area contributed by atoms with Gasteiger partial charge >= 0.3 is 0 Å². The Morgan fingerprint density at radius 2 is 2.00 bits per heavy atom. The van der Waals surface area contributed by atoms with Gasteiger partial charge in [0.2, 0.25) is 0 Å². The Morgan fingerprint density at radius 1 is 1.24 bits per heavy atom. The molecule has 4 heteroatoms. The lowest BCUT2D eigenvalue weighted by Gasteiger charge is -2.17. The Balaban J connectivity index is 2.43. The molecule has 0 aliphatic carbocycles. The second kappa shape index (κ2) is 7.30. The van der Waals surface area contributed by atoms with Crippen molar-refractivity contribution in [1.29, 1.82) is 0 Å². The van der Waals surface area contributed by atoms with Crippen molar-refractivity contribution in [2.75, 3.05) is 7.05 Å². The first-order valence-corrected chi connectivity index (χ1v) is 8.09. The quantitative estimate of drug-likeness (QED) is 0.727. The van der Waals surface area contributed by atoms with Crippen molar-refractivity contribution in [2.45, 2.75) is 26.3 Å². The largest absolute Gasteiger partial charge is 0.455 e. The molecule has 0 fully saturated rings. The van der Waals surface area contributed by atoms with Gasteiger partial charge in [0.05, 0.1) is 5.02 Å². The fraction of sp³-hybridized carbons (Fsp3) is 0.294. The summed E-state index contributed by atoms with van der Waals surface area (Å²) >= 11 is 9.83. The van der Waals surface area contributed by atoms with Crippen molar-refractivity contribution in [2.24, 2.45) is 0 Å². The highest BCUT2D eigenvalue weighted by molar-refractivity contribution is 9.10. The molecule has 0 aliphatic rings. The molecule has 1 N–H and O–H groups in total. The number of hydrogen-bond donors (Lipinski definition) is 1. The summed E-state index contributed by atoms with van der Waals surface area (Å²) in [6, 6.07) is 11.9. The van der Waals surface area contributed by atoms with Gasteiger partial charge < -0.3 is 10.1 Å². The molecular weight excluding hydrogens is 350 g/mol. The molecule has 0 saturated heterocycles. The van der Waals surface area contributed by atoms with E-state index in [0.29, 0.717) is 17.5 Å². The zero-order chi connectivity index (χ0) is 15.4. The van der Waals surface area contributed by atoms with Crippen molar-refractivity contribution in [3.63, 3.8) is 0 Å². The Kier molecular flexibility index (Phi) is 5.68. The normalized spacial score (nSPS) is 11.0. The van der Waals surface area contributed by atoms with Crippen LogP contribution in [0.5, 0.6) is 11.5 Å². The van der Waals surface area contributed by atoms with Gasteiger partial charge in [-0.25, -0.2) is 0 Å². The third-order valence-corrected chi connectivity index (χ3v) is 4.01. The first-order chi connectivity index (χ1) is 10.0. The lowest BCUT2D eigenvalue weighted by Crippen LogP contribution is -2.07. The number of ether oxygens (including phenoxy) is 1. The van der Waals surface area contributed by atoms with Crippen molar-refractivity contribution in [3.8, 4) is 11.5 Å². The van der Waals surface area contributed by atoms with Crippen LogP contribution in [0, 0.1) is 0 Å². The van der Waals surface area contributed by atoms with Gasteiger partial charge in [0.15, 0.2) is 5.75 Å². The van der Waals surface area contributed by atoms with Gasteiger partial charge in [-0.1, -0.05) is 53.5 Å². The molecule has 0 heterocycles. The van der Waals surface area contributed by atoms with Crippen LogP contribution in [-0.4, -0.2) is 7.05 Å². The molecule has 0 saturated carbocycles. The first kappa shape index (κ1) is 16.3. The van der Waals surface area contributed by atoms with Gasteiger partial charge in [0, 0.05) is 16.6 Å². The van der Waals surface area contributed by atoms with Crippen LogP contribution >= 0.6 is 27.5 Å². The number of hydrogen-bond acceptors (Lipinski definition) is 2.